The number of hydrogen-bond donors (Lipinski definition) is 3. The van der Waals surface area contributed by atoms with Crippen molar-refractivity contribution in [2.45, 2.75) is 46.0 Å². The van der Waals surface area contributed by atoms with Crippen molar-refractivity contribution in [1.29, 1.82) is 0 Å². The van der Waals surface area contributed by atoms with E-state index in [-0.39, 0.29) is 17.2 Å². The number of aromatic nitrogens is 2. The van der Waals surface area contributed by atoms with Crippen molar-refractivity contribution in [2.24, 2.45) is 16.6 Å². The lowest BCUT2D eigenvalue weighted by Gasteiger charge is -2.38. The fourth-order valence-corrected chi connectivity index (χ4v) is 6.20. The van der Waals surface area contributed by atoms with E-state index in [9.17, 15) is 4.79 Å². The summed E-state index contributed by atoms with van der Waals surface area (Å²) in [5, 5.41) is 6.12. The number of rotatable bonds is 10. The van der Waals surface area contributed by atoms with E-state index in [0.29, 0.717) is 40.0 Å². The summed E-state index contributed by atoms with van der Waals surface area (Å²) in [6.07, 6.45) is 5.83. The SMILES string of the molecule is C=CNc1cnc(N2CCN(CC3CCN(C)CC3)CC2)nc1C(N)=Nc1cc(C(=O)Nc2cc(C(C)(C)C)ccc2OC)ccc1C. The molecule has 11 nitrogen and oxygen atoms in total. The molecule has 0 radical (unpaired) electrons. The van der Waals surface area contributed by atoms with Gasteiger partial charge in [-0.05, 0) is 92.8 Å². The maximum atomic E-state index is 13.5. The maximum Gasteiger partial charge on any atom is 0.255 e. The normalized spacial score (nSPS) is 16.9. The number of hydrogen-bond acceptors (Lipinski definition) is 9. The predicted molar refractivity (Wildman–Crippen MR) is 196 cm³/mol. The lowest BCUT2D eigenvalue weighted by atomic mass is 9.87. The highest BCUT2D eigenvalue weighted by Crippen LogP contribution is 2.32. The van der Waals surface area contributed by atoms with Gasteiger partial charge in [-0.2, -0.15) is 0 Å². The van der Waals surface area contributed by atoms with Gasteiger partial charge in [0.1, 0.15) is 11.4 Å². The van der Waals surface area contributed by atoms with Gasteiger partial charge >= 0.3 is 0 Å². The van der Waals surface area contributed by atoms with E-state index >= 15 is 0 Å². The molecular formula is C37H51N9O2. The molecule has 3 aromatic rings. The van der Waals surface area contributed by atoms with Crippen LogP contribution in [0.3, 0.4) is 0 Å². The Morgan fingerprint density at radius 1 is 1.08 bits per heavy atom. The van der Waals surface area contributed by atoms with Gasteiger partial charge in [0.15, 0.2) is 5.84 Å². The number of nitrogens with two attached hydrogens (primary N) is 1. The number of aryl methyl sites for hydroxylation is 1. The zero-order chi connectivity index (χ0) is 34.4. The predicted octanol–water partition coefficient (Wildman–Crippen LogP) is 5.40. The van der Waals surface area contributed by atoms with Crippen LogP contribution >= 0.6 is 0 Å². The largest absolute Gasteiger partial charge is 0.495 e. The van der Waals surface area contributed by atoms with E-state index < -0.39 is 0 Å². The van der Waals surface area contributed by atoms with Crippen molar-refractivity contribution >= 4 is 34.8 Å². The van der Waals surface area contributed by atoms with Crippen LogP contribution in [0.5, 0.6) is 5.75 Å². The van der Waals surface area contributed by atoms with Gasteiger partial charge in [-0.3, -0.25) is 9.69 Å². The number of aliphatic imine (C=N–C) groups is 1. The van der Waals surface area contributed by atoms with Crippen LogP contribution in [0.4, 0.5) is 23.0 Å². The van der Waals surface area contributed by atoms with Crippen molar-refractivity contribution in [2.75, 3.05) is 75.5 Å². The van der Waals surface area contributed by atoms with Crippen LogP contribution in [0.2, 0.25) is 0 Å². The molecule has 2 fully saturated rings. The Hall–Kier alpha value is -4.48. The summed E-state index contributed by atoms with van der Waals surface area (Å²) in [6, 6.07) is 11.2. The molecule has 0 spiro atoms. The number of methoxy groups -OCH3 is 1. The number of nitrogens with zero attached hydrogens (tertiary/aromatic N) is 6. The Morgan fingerprint density at radius 3 is 2.48 bits per heavy atom. The van der Waals surface area contributed by atoms with E-state index in [1.807, 2.05) is 31.2 Å². The molecule has 256 valence electrons. The molecule has 48 heavy (non-hydrogen) atoms. The van der Waals surface area contributed by atoms with Crippen molar-refractivity contribution in [3.63, 3.8) is 0 Å². The maximum absolute atomic E-state index is 13.5. The lowest BCUT2D eigenvalue weighted by molar-refractivity contribution is 0.102. The molecule has 1 amide bonds. The summed E-state index contributed by atoms with van der Waals surface area (Å²) >= 11 is 0. The number of ether oxygens (including phenoxy) is 1. The molecule has 2 aromatic carbocycles. The van der Waals surface area contributed by atoms with Gasteiger partial charge < -0.3 is 30.9 Å². The second-order valence-electron chi connectivity index (χ2n) is 13.9. The average molecular weight is 654 g/mol. The first-order valence-electron chi connectivity index (χ1n) is 16.8. The summed E-state index contributed by atoms with van der Waals surface area (Å²) in [7, 11) is 3.80. The average Bonchev–Trinajstić information content (AvgIpc) is 3.07. The standard InChI is InChI=1S/C37H51N9O2/c1-8-39-31-23-40-36(46-19-17-45(18-20-46)24-26-13-15-44(6)16-14-26)43-33(31)34(38)41-29-21-27(10-9-25(29)2)35(47)42-30-22-28(37(3,4)5)11-12-32(30)48-7/h8-12,21-23,26,39H,1,13-20,24H2,2-7H3,(H2,38,41)(H,42,47). The number of piperidine rings is 1. The molecule has 0 unspecified atom stereocenters. The number of amidine groups is 1. The first-order chi connectivity index (χ1) is 22.9. The van der Waals surface area contributed by atoms with Crippen molar-refractivity contribution in [1.82, 2.24) is 19.8 Å². The molecular weight excluding hydrogens is 602 g/mol. The summed E-state index contributed by atoms with van der Waals surface area (Å²) in [5.74, 6) is 1.91. The molecule has 2 aliphatic heterocycles. The number of carbonyl (C=O) groups excluding carboxylic acids is 1. The lowest BCUT2D eigenvalue weighted by Crippen LogP contribution is -2.49. The number of anilines is 3. The van der Waals surface area contributed by atoms with E-state index in [1.54, 1.807) is 31.6 Å². The Balaban J connectivity index is 1.33. The number of carbonyl (C=O) groups is 1. The van der Waals surface area contributed by atoms with Crippen molar-refractivity contribution < 1.29 is 9.53 Å². The Kier molecular flexibility index (Phi) is 11.0. The summed E-state index contributed by atoms with van der Waals surface area (Å²) < 4.78 is 5.53. The van der Waals surface area contributed by atoms with Gasteiger partial charge in [0, 0.05) is 38.3 Å². The molecule has 0 bridgehead atoms. The van der Waals surface area contributed by atoms with Crippen LogP contribution in [0, 0.1) is 12.8 Å². The summed E-state index contributed by atoms with van der Waals surface area (Å²) in [5.41, 5.74) is 11.2. The monoisotopic (exact) mass is 653 g/mol. The molecule has 4 N–H and O–H groups in total. The number of nitrogens with one attached hydrogen (secondary N) is 2. The van der Waals surface area contributed by atoms with Crippen LogP contribution in [0.1, 0.15) is 60.8 Å². The first-order valence-corrected chi connectivity index (χ1v) is 16.8. The van der Waals surface area contributed by atoms with E-state index in [2.05, 4.69) is 64.7 Å². The molecule has 2 saturated heterocycles. The summed E-state index contributed by atoms with van der Waals surface area (Å²) in [6.45, 7) is 19.3. The molecule has 3 heterocycles. The van der Waals surface area contributed by atoms with Gasteiger partial charge in [-0.1, -0.05) is 39.5 Å². The fourth-order valence-electron chi connectivity index (χ4n) is 6.20. The number of piperazine rings is 1. The number of amides is 1. The Bertz CT molecular complexity index is 1630. The minimum absolute atomic E-state index is 0.0875. The van der Waals surface area contributed by atoms with Gasteiger partial charge in [-0.15, -0.1) is 0 Å². The molecule has 5 rings (SSSR count). The second kappa shape index (κ2) is 15.2. The van der Waals surface area contributed by atoms with Gasteiger partial charge in [0.2, 0.25) is 5.95 Å². The number of benzene rings is 2. The van der Waals surface area contributed by atoms with E-state index in [0.717, 1.165) is 49.8 Å². The fraction of sp³-hybridized carbons (Fsp3) is 0.459. The van der Waals surface area contributed by atoms with Crippen LogP contribution in [0.25, 0.3) is 0 Å². The van der Waals surface area contributed by atoms with Gasteiger partial charge in [-0.25, -0.2) is 15.0 Å². The zero-order valence-electron chi connectivity index (χ0n) is 29.3. The molecule has 0 atom stereocenters. The van der Waals surface area contributed by atoms with Gasteiger partial charge in [0.05, 0.1) is 30.4 Å². The minimum atomic E-state index is -0.275. The van der Waals surface area contributed by atoms with Crippen LogP contribution < -0.4 is 26.0 Å². The first kappa shape index (κ1) is 34.8. The zero-order valence-corrected chi connectivity index (χ0v) is 29.3. The van der Waals surface area contributed by atoms with Gasteiger partial charge in [0.25, 0.3) is 5.91 Å². The highest BCUT2D eigenvalue weighted by Gasteiger charge is 2.25. The topological polar surface area (TPSA) is 124 Å². The third kappa shape index (κ3) is 8.51. The molecule has 0 aliphatic carbocycles. The highest BCUT2D eigenvalue weighted by atomic mass is 16.5. The van der Waals surface area contributed by atoms with E-state index in [1.165, 1.54) is 25.9 Å². The number of likely N-dealkylation sites (tertiary alicyclic amines) is 1. The molecule has 1 aromatic heterocycles. The molecule has 2 aliphatic rings. The van der Waals surface area contributed by atoms with Crippen molar-refractivity contribution in [3.8, 4) is 5.75 Å². The third-order valence-electron chi connectivity index (χ3n) is 9.31. The van der Waals surface area contributed by atoms with Crippen LogP contribution in [-0.2, 0) is 5.41 Å². The highest BCUT2D eigenvalue weighted by molar-refractivity contribution is 6.06. The third-order valence-corrected chi connectivity index (χ3v) is 9.31. The van der Waals surface area contributed by atoms with E-state index in [4.69, 9.17) is 20.4 Å². The minimum Gasteiger partial charge on any atom is -0.495 e. The summed E-state index contributed by atoms with van der Waals surface area (Å²) in [4.78, 5) is 35.0. The van der Waals surface area contributed by atoms with Crippen LogP contribution in [-0.4, -0.2) is 91.5 Å². The molecule has 11 heteroatoms. The Labute approximate surface area is 285 Å². The molecule has 0 saturated carbocycles. The quantitative estimate of drug-likeness (QED) is 0.195. The Morgan fingerprint density at radius 2 is 1.81 bits per heavy atom. The van der Waals surface area contributed by atoms with Crippen LogP contribution in [0.15, 0.2) is 60.4 Å². The second-order valence-corrected chi connectivity index (χ2v) is 13.9. The smallest absolute Gasteiger partial charge is 0.255 e. The van der Waals surface area contributed by atoms with Crippen molar-refractivity contribution in [3.05, 3.63) is 77.8 Å².